The van der Waals surface area contributed by atoms with Gasteiger partial charge in [-0.25, -0.2) is 4.79 Å². The highest BCUT2D eigenvalue weighted by Crippen LogP contribution is 2.27. The molecule has 1 aromatic heterocycles. The molecular weight excluding hydrogens is 413 g/mol. The fraction of sp³-hybridized carbons (Fsp3) is 0.389. The van der Waals surface area contributed by atoms with Gasteiger partial charge in [0.15, 0.2) is 5.69 Å². The smallest absolute Gasteiger partial charge is 0.475 e. The molecule has 29 heavy (non-hydrogen) atoms. The van der Waals surface area contributed by atoms with E-state index in [1.807, 2.05) is 12.1 Å². The summed E-state index contributed by atoms with van der Waals surface area (Å²) in [5, 5.41) is 17.9. The summed E-state index contributed by atoms with van der Waals surface area (Å²) in [6, 6.07) is 9.63. The molecule has 0 unspecified atom stereocenters. The van der Waals surface area contributed by atoms with Gasteiger partial charge in [0.1, 0.15) is 5.15 Å². The quantitative estimate of drug-likeness (QED) is 0.690. The molecule has 1 aliphatic rings. The fourth-order valence-corrected chi connectivity index (χ4v) is 2.92. The van der Waals surface area contributed by atoms with Crippen molar-refractivity contribution in [3.05, 3.63) is 46.7 Å². The topological polar surface area (TPSA) is 96.3 Å². The van der Waals surface area contributed by atoms with Gasteiger partial charge in [0.05, 0.1) is 0 Å². The van der Waals surface area contributed by atoms with Crippen LogP contribution in [-0.4, -0.2) is 46.0 Å². The van der Waals surface area contributed by atoms with Gasteiger partial charge < -0.3 is 15.7 Å². The molecule has 2 aromatic rings. The number of carboxylic acid groups (broad SMARTS) is 1. The van der Waals surface area contributed by atoms with Crippen molar-refractivity contribution in [3.8, 4) is 0 Å². The number of nitrogens with zero attached hydrogens (tertiary/aromatic N) is 2. The highest BCUT2D eigenvalue weighted by atomic mass is 35.5. The van der Waals surface area contributed by atoms with E-state index in [2.05, 4.69) is 27.9 Å². The summed E-state index contributed by atoms with van der Waals surface area (Å²) in [5.41, 5.74) is 2.39. The van der Waals surface area contributed by atoms with Gasteiger partial charge in [-0.3, -0.25) is 9.48 Å². The van der Waals surface area contributed by atoms with E-state index >= 15 is 0 Å². The molecule has 0 saturated carbocycles. The zero-order valence-electron chi connectivity index (χ0n) is 15.5. The molecule has 1 aliphatic heterocycles. The molecule has 1 saturated heterocycles. The Morgan fingerprint density at radius 1 is 1.28 bits per heavy atom. The average Bonchev–Trinajstić information content (AvgIpc) is 3.01. The molecule has 7 nitrogen and oxygen atoms in total. The van der Waals surface area contributed by atoms with E-state index in [0.717, 1.165) is 31.6 Å². The molecule has 0 aliphatic carbocycles. The lowest BCUT2D eigenvalue weighted by atomic mass is 9.90. The van der Waals surface area contributed by atoms with Gasteiger partial charge in [0.2, 0.25) is 0 Å². The van der Waals surface area contributed by atoms with E-state index in [0.29, 0.717) is 16.8 Å². The van der Waals surface area contributed by atoms with Gasteiger partial charge in [-0.1, -0.05) is 23.7 Å². The van der Waals surface area contributed by atoms with Crippen molar-refractivity contribution in [2.75, 3.05) is 18.4 Å². The van der Waals surface area contributed by atoms with E-state index in [-0.39, 0.29) is 5.91 Å². The van der Waals surface area contributed by atoms with Crippen LogP contribution < -0.4 is 10.6 Å². The van der Waals surface area contributed by atoms with Gasteiger partial charge >= 0.3 is 12.1 Å². The zero-order chi connectivity index (χ0) is 21.6. The van der Waals surface area contributed by atoms with E-state index in [4.69, 9.17) is 21.5 Å². The minimum Gasteiger partial charge on any atom is -0.475 e. The highest BCUT2D eigenvalue weighted by molar-refractivity contribution is 6.30. The first-order valence-corrected chi connectivity index (χ1v) is 9.07. The first-order valence-electron chi connectivity index (χ1n) is 8.69. The molecule has 1 aromatic carbocycles. The van der Waals surface area contributed by atoms with Gasteiger partial charge in [-0.05, 0) is 49.5 Å². The van der Waals surface area contributed by atoms with Gasteiger partial charge in [0.25, 0.3) is 5.91 Å². The summed E-state index contributed by atoms with van der Waals surface area (Å²) in [6.45, 7) is 2.10. The summed E-state index contributed by atoms with van der Waals surface area (Å²) in [7, 11) is 1.71. The standard InChI is InChI=1S/C16H19ClN4O.C2HF3O2/c1-21-15(17)10-14(20-21)16(22)19-13-4-2-3-12(9-13)11-5-7-18-8-6-11;3-2(4,5)1(6)7/h2-4,9-11,18H,5-8H2,1H3,(H,19,22);(H,6,7). The van der Waals surface area contributed by atoms with Crippen molar-refractivity contribution in [3.63, 3.8) is 0 Å². The Morgan fingerprint density at radius 3 is 2.41 bits per heavy atom. The number of aromatic nitrogens is 2. The Bertz CT molecular complexity index is 845. The molecule has 1 fully saturated rings. The molecule has 0 spiro atoms. The number of benzene rings is 1. The lowest BCUT2D eigenvalue weighted by molar-refractivity contribution is -0.192. The lowest BCUT2D eigenvalue weighted by Gasteiger charge is -2.23. The highest BCUT2D eigenvalue weighted by Gasteiger charge is 2.38. The first-order chi connectivity index (χ1) is 13.6. The number of piperidine rings is 1. The van der Waals surface area contributed by atoms with Crippen LogP contribution in [0.4, 0.5) is 18.9 Å². The molecule has 1 amide bonds. The number of hydrogen-bond donors (Lipinski definition) is 3. The number of carbonyl (C=O) groups excluding carboxylic acids is 1. The second kappa shape index (κ2) is 9.75. The van der Waals surface area contributed by atoms with Gasteiger partial charge in [-0.2, -0.15) is 18.3 Å². The van der Waals surface area contributed by atoms with Gasteiger partial charge in [-0.15, -0.1) is 0 Å². The van der Waals surface area contributed by atoms with Crippen molar-refractivity contribution in [1.29, 1.82) is 0 Å². The minimum absolute atomic E-state index is 0.245. The number of carbonyl (C=O) groups is 2. The SMILES string of the molecule is Cn1nc(C(=O)Nc2cccc(C3CCNCC3)c2)cc1Cl.O=C(O)C(F)(F)F. The van der Waals surface area contributed by atoms with Crippen molar-refractivity contribution >= 4 is 29.2 Å². The first kappa shape index (κ1) is 22.7. The predicted molar refractivity (Wildman–Crippen MR) is 101 cm³/mol. The minimum atomic E-state index is -5.08. The molecular formula is C18H20ClF3N4O3. The maximum Gasteiger partial charge on any atom is 0.490 e. The average molecular weight is 433 g/mol. The molecule has 0 bridgehead atoms. The maximum absolute atomic E-state index is 12.2. The largest absolute Gasteiger partial charge is 0.490 e. The monoisotopic (exact) mass is 432 g/mol. The van der Waals surface area contributed by atoms with Crippen LogP contribution in [0, 0.1) is 0 Å². The number of carboxylic acids is 1. The van der Waals surface area contributed by atoms with Crippen LogP contribution in [0.5, 0.6) is 0 Å². The number of alkyl halides is 3. The number of rotatable bonds is 3. The Labute approximate surface area is 169 Å². The third-order valence-electron chi connectivity index (χ3n) is 4.25. The van der Waals surface area contributed by atoms with Crippen LogP contribution in [0.15, 0.2) is 30.3 Å². The summed E-state index contributed by atoms with van der Waals surface area (Å²) >= 11 is 5.92. The van der Waals surface area contributed by atoms with Crippen molar-refractivity contribution in [2.24, 2.45) is 7.05 Å². The van der Waals surface area contributed by atoms with E-state index in [9.17, 15) is 18.0 Å². The van der Waals surface area contributed by atoms with Gasteiger partial charge in [0, 0.05) is 18.8 Å². The lowest BCUT2D eigenvalue weighted by Crippen LogP contribution is -2.26. The number of nitrogens with one attached hydrogen (secondary N) is 2. The van der Waals surface area contributed by atoms with Crippen LogP contribution in [0.25, 0.3) is 0 Å². The maximum atomic E-state index is 12.2. The molecule has 0 radical (unpaired) electrons. The Morgan fingerprint density at radius 2 is 1.90 bits per heavy atom. The number of aryl methyl sites for hydroxylation is 1. The number of amides is 1. The van der Waals surface area contributed by atoms with Crippen LogP contribution in [-0.2, 0) is 11.8 Å². The number of halogens is 4. The second-order valence-electron chi connectivity index (χ2n) is 6.38. The van der Waals surface area contributed by atoms with Crippen molar-refractivity contribution in [1.82, 2.24) is 15.1 Å². The number of hydrogen-bond acceptors (Lipinski definition) is 4. The Balaban J connectivity index is 0.000000370. The summed E-state index contributed by atoms with van der Waals surface area (Å²) < 4.78 is 33.2. The third kappa shape index (κ3) is 6.75. The van der Waals surface area contributed by atoms with Crippen LogP contribution in [0.1, 0.15) is 34.8 Å². The normalized spacial score (nSPS) is 14.7. The molecule has 0 atom stereocenters. The molecule has 158 valence electrons. The molecule has 2 heterocycles. The second-order valence-corrected chi connectivity index (χ2v) is 6.77. The fourth-order valence-electron chi connectivity index (χ4n) is 2.78. The Kier molecular flexibility index (Phi) is 7.63. The number of anilines is 1. The predicted octanol–water partition coefficient (Wildman–Crippen LogP) is 3.43. The Hall–Kier alpha value is -2.59. The van der Waals surface area contributed by atoms with E-state index in [1.165, 1.54) is 10.2 Å². The molecule has 3 N–H and O–H groups in total. The van der Waals surface area contributed by atoms with Crippen molar-refractivity contribution < 1.29 is 27.9 Å². The molecule has 3 rings (SSSR count). The van der Waals surface area contributed by atoms with E-state index < -0.39 is 12.1 Å². The van der Waals surface area contributed by atoms with Crippen LogP contribution >= 0.6 is 11.6 Å². The van der Waals surface area contributed by atoms with Crippen LogP contribution in [0.3, 0.4) is 0 Å². The summed E-state index contributed by atoms with van der Waals surface area (Å²) in [4.78, 5) is 21.1. The zero-order valence-corrected chi connectivity index (χ0v) is 16.2. The molecule has 11 heteroatoms. The number of aliphatic carboxylic acids is 1. The van der Waals surface area contributed by atoms with E-state index in [1.54, 1.807) is 13.1 Å². The summed E-state index contributed by atoms with van der Waals surface area (Å²) in [6.07, 6.45) is -2.82. The van der Waals surface area contributed by atoms with Crippen LogP contribution in [0.2, 0.25) is 5.15 Å². The third-order valence-corrected chi connectivity index (χ3v) is 4.61. The summed E-state index contributed by atoms with van der Waals surface area (Å²) in [5.74, 6) is -2.44. The van der Waals surface area contributed by atoms with Crippen molar-refractivity contribution in [2.45, 2.75) is 24.9 Å².